The van der Waals surface area contributed by atoms with E-state index in [2.05, 4.69) is 10.6 Å². The van der Waals surface area contributed by atoms with Crippen LogP contribution < -0.4 is 20.1 Å². The first kappa shape index (κ1) is 18.1. The van der Waals surface area contributed by atoms with Crippen LogP contribution in [-0.2, 0) is 6.18 Å². The predicted octanol–water partition coefficient (Wildman–Crippen LogP) is 5.42. The Hall–Kier alpha value is -2.68. The second-order valence-corrected chi connectivity index (χ2v) is 5.85. The number of hydrogen-bond donors (Lipinski definition) is 2. The molecule has 5 nitrogen and oxygen atoms in total. The fraction of sp³-hybridized carbons (Fsp3) is 0.188. The number of para-hydroxylation sites is 1. The van der Waals surface area contributed by atoms with Crippen molar-refractivity contribution in [2.75, 3.05) is 10.6 Å². The molecule has 2 amide bonds. The van der Waals surface area contributed by atoms with Gasteiger partial charge < -0.3 is 20.1 Å². The number of carbonyl (C=O) groups excluding carboxylic acids is 1. The highest BCUT2D eigenvalue weighted by Crippen LogP contribution is 2.45. The molecule has 3 rings (SSSR count). The van der Waals surface area contributed by atoms with E-state index >= 15 is 0 Å². The van der Waals surface area contributed by atoms with Crippen LogP contribution in [-0.4, -0.2) is 12.1 Å². The fourth-order valence-electron chi connectivity index (χ4n) is 2.30. The van der Waals surface area contributed by atoms with Crippen molar-refractivity contribution in [3.8, 4) is 11.5 Å². The highest BCUT2D eigenvalue weighted by atomic mass is 35.5. The Bertz CT molecular complexity index is 871. The minimum Gasteiger partial charge on any atom is -0.423 e. The topological polar surface area (TPSA) is 59.6 Å². The van der Waals surface area contributed by atoms with E-state index in [9.17, 15) is 22.4 Å². The number of benzene rings is 2. The lowest BCUT2D eigenvalue weighted by atomic mass is 10.2. The molecule has 1 aliphatic heterocycles. The number of hydrogen-bond acceptors (Lipinski definition) is 3. The number of carbonyl (C=O) groups is 1. The van der Waals surface area contributed by atoms with Gasteiger partial charge in [0.05, 0.1) is 16.3 Å². The van der Waals surface area contributed by atoms with Crippen molar-refractivity contribution in [1.82, 2.24) is 0 Å². The summed E-state index contributed by atoms with van der Waals surface area (Å²) in [6.07, 6.45) is -4.66. The summed E-state index contributed by atoms with van der Waals surface area (Å²) in [7, 11) is 0. The summed E-state index contributed by atoms with van der Waals surface area (Å²) in [6.45, 7) is 1.04. The Labute approximate surface area is 149 Å². The van der Waals surface area contributed by atoms with E-state index in [-0.39, 0.29) is 22.9 Å². The lowest BCUT2D eigenvalue weighted by Crippen LogP contribution is -2.28. The van der Waals surface area contributed by atoms with Crippen LogP contribution in [0.5, 0.6) is 11.5 Å². The number of amides is 2. The third-order valence-electron chi connectivity index (χ3n) is 3.33. The maximum absolute atomic E-state index is 13.8. The molecule has 2 aromatic carbocycles. The highest BCUT2D eigenvalue weighted by molar-refractivity contribution is 6.31. The minimum absolute atomic E-state index is 0.0280. The zero-order chi connectivity index (χ0) is 19.1. The molecule has 2 N–H and O–H groups in total. The lowest BCUT2D eigenvalue weighted by Gasteiger charge is -2.13. The predicted molar refractivity (Wildman–Crippen MR) is 86.3 cm³/mol. The van der Waals surface area contributed by atoms with Crippen molar-refractivity contribution >= 4 is 29.0 Å². The third kappa shape index (κ3) is 3.77. The van der Waals surface area contributed by atoms with Crippen LogP contribution in [0.2, 0.25) is 5.02 Å². The Morgan fingerprint density at radius 1 is 1.15 bits per heavy atom. The Morgan fingerprint density at radius 2 is 1.88 bits per heavy atom. The first-order chi connectivity index (χ1) is 12.0. The van der Waals surface area contributed by atoms with Crippen molar-refractivity contribution < 1.29 is 31.8 Å². The van der Waals surface area contributed by atoms with Crippen LogP contribution in [0.4, 0.5) is 33.7 Å². The number of rotatable bonds is 2. The first-order valence-electron chi connectivity index (χ1n) is 7.20. The second-order valence-electron chi connectivity index (χ2n) is 5.44. The number of ether oxygens (including phenoxy) is 2. The molecule has 0 aromatic heterocycles. The quantitative estimate of drug-likeness (QED) is 0.673. The van der Waals surface area contributed by atoms with Gasteiger partial charge >= 0.3 is 18.2 Å². The van der Waals surface area contributed by atoms with E-state index < -0.39 is 28.8 Å². The second kappa shape index (κ2) is 6.24. The normalized spacial score (nSPS) is 18.5. The zero-order valence-electron chi connectivity index (χ0n) is 13.1. The molecule has 1 aliphatic rings. The van der Waals surface area contributed by atoms with Crippen molar-refractivity contribution in [1.29, 1.82) is 0 Å². The van der Waals surface area contributed by atoms with Gasteiger partial charge in [-0.2, -0.15) is 17.6 Å². The standard InChI is InChI=1S/C16H11ClF4N2O3/c1-15(18)25-12-4-2-3-11(13(12)26-15)23-14(24)22-8-5-6-10(17)9(7-8)16(19,20)21/h2-7H,1H3,(H2,22,23,24). The molecule has 1 heterocycles. The van der Waals surface area contributed by atoms with E-state index in [0.29, 0.717) is 6.07 Å². The van der Waals surface area contributed by atoms with E-state index in [4.69, 9.17) is 21.1 Å². The molecule has 0 radical (unpaired) electrons. The molecule has 0 saturated heterocycles. The maximum atomic E-state index is 13.8. The molecule has 0 fully saturated rings. The maximum Gasteiger partial charge on any atom is 0.417 e. The van der Waals surface area contributed by atoms with Crippen LogP contribution in [0.3, 0.4) is 0 Å². The first-order valence-corrected chi connectivity index (χ1v) is 7.58. The van der Waals surface area contributed by atoms with Gasteiger partial charge in [0.15, 0.2) is 11.5 Å². The Kier molecular flexibility index (Phi) is 4.35. The van der Waals surface area contributed by atoms with Crippen LogP contribution >= 0.6 is 11.6 Å². The van der Waals surface area contributed by atoms with Gasteiger partial charge in [0.25, 0.3) is 0 Å². The average Bonchev–Trinajstić information content (AvgIpc) is 2.83. The summed E-state index contributed by atoms with van der Waals surface area (Å²) in [5, 5.41) is 4.12. The number of halogens is 5. The van der Waals surface area contributed by atoms with Crippen LogP contribution in [0.1, 0.15) is 12.5 Å². The molecular weight excluding hydrogens is 380 g/mol. The van der Waals surface area contributed by atoms with Crippen molar-refractivity contribution in [2.24, 2.45) is 0 Å². The molecule has 26 heavy (non-hydrogen) atoms. The number of anilines is 2. The van der Waals surface area contributed by atoms with E-state index in [1.54, 1.807) is 0 Å². The molecule has 138 valence electrons. The third-order valence-corrected chi connectivity index (χ3v) is 3.66. The Balaban J connectivity index is 1.77. The van der Waals surface area contributed by atoms with Crippen molar-refractivity contribution in [3.05, 3.63) is 47.0 Å². The monoisotopic (exact) mass is 390 g/mol. The largest absolute Gasteiger partial charge is 0.423 e. The van der Waals surface area contributed by atoms with Gasteiger partial charge in [0, 0.05) is 12.6 Å². The number of alkyl halides is 4. The van der Waals surface area contributed by atoms with E-state index in [0.717, 1.165) is 13.0 Å². The van der Waals surface area contributed by atoms with Gasteiger partial charge in [-0.15, -0.1) is 0 Å². The summed E-state index contributed by atoms with van der Waals surface area (Å²) < 4.78 is 62.2. The summed E-state index contributed by atoms with van der Waals surface area (Å²) >= 11 is 5.52. The molecule has 0 spiro atoms. The molecule has 1 atom stereocenters. The van der Waals surface area contributed by atoms with Gasteiger partial charge in [-0.3, -0.25) is 0 Å². The summed E-state index contributed by atoms with van der Waals surface area (Å²) in [4.78, 5) is 12.1. The molecule has 0 saturated carbocycles. The number of nitrogens with one attached hydrogen (secondary N) is 2. The van der Waals surface area contributed by atoms with Gasteiger partial charge in [0.1, 0.15) is 0 Å². The van der Waals surface area contributed by atoms with Crippen molar-refractivity contribution in [2.45, 2.75) is 19.1 Å². The van der Waals surface area contributed by atoms with E-state index in [1.165, 1.54) is 24.3 Å². The van der Waals surface area contributed by atoms with Crippen LogP contribution in [0.25, 0.3) is 0 Å². The summed E-state index contributed by atoms with van der Waals surface area (Å²) in [5.41, 5.74) is -1.12. The molecule has 10 heteroatoms. The van der Waals surface area contributed by atoms with Crippen LogP contribution in [0, 0.1) is 0 Å². The van der Waals surface area contributed by atoms with Crippen molar-refractivity contribution in [3.63, 3.8) is 0 Å². The van der Waals surface area contributed by atoms with Gasteiger partial charge in [-0.25, -0.2) is 4.79 Å². The smallest absolute Gasteiger partial charge is 0.417 e. The SMILES string of the molecule is CC1(F)Oc2cccc(NC(=O)Nc3ccc(Cl)c(C(F)(F)F)c3)c2O1. The molecular formula is C16H11ClF4N2O3. The molecule has 1 unspecified atom stereocenters. The summed E-state index contributed by atoms with van der Waals surface area (Å²) in [5.74, 6) is 0.0541. The van der Waals surface area contributed by atoms with Gasteiger partial charge in [0.2, 0.25) is 0 Å². The molecule has 0 bridgehead atoms. The van der Waals surface area contributed by atoms with E-state index in [1.807, 2.05) is 0 Å². The number of urea groups is 1. The van der Waals surface area contributed by atoms with Gasteiger partial charge in [-0.1, -0.05) is 17.7 Å². The fourth-order valence-corrected chi connectivity index (χ4v) is 2.53. The minimum atomic E-state index is -4.66. The summed E-state index contributed by atoms with van der Waals surface area (Å²) in [6, 6.07) is 4.05. The van der Waals surface area contributed by atoms with Crippen LogP contribution in [0.15, 0.2) is 36.4 Å². The molecule has 2 aromatic rings. The average molecular weight is 391 g/mol. The highest BCUT2D eigenvalue weighted by Gasteiger charge is 2.38. The zero-order valence-corrected chi connectivity index (χ0v) is 13.8. The van der Waals surface area contributed by atoms with Gasteiger partial charge in [-0.05, 0) is 30.3 Å². The molecule has 0 aliphatic carbocycles. The lowest BCUT2D eigenvalue weighted by molar-refractivity contribution is -0.173. The number of fused-ring (bicyclic) bond motifs is 1. The Morgan fingerprint density at radius 3 is 2.58 bits per heavy atom.